The average molecular weight is 479 g/mol. The standard InChI is InChI=1S/C29H26N4O3/c34-25(32-29(9-10-29)28-16-27(17-28,18-28)26(35)36)23-5-1-3-19-8-12-33(24(19)23)15-22-7-6-21(14-31-22)20-4-2-11-30-13-20/h1-8,11-14H,9-10,15-18H2,(H,32,34)(H,35,36). The van der Waals surface area contributed by atoms with Gasteiger partial charge < -0.3 is 15.0 Å². The summed E-state index contributed by atoms with van der Waals surface area (Å²) in [5.74, 6) is -0.761. The maximum atomic E-state index is 13.6. The van der Waals surface area contributed by atoms with Gasteiger partial charge >= 0.3 is 5.97 Å². The van der Waals surface area contributed by atoms with E-state index >= 15 is 0 Å². The minimum Gasteiger partial charge on any atom is -0.481 e. The summed E-state index contributed by atoms with van der Waals surface area (Å²) in [4.78, 5) is 34.0. The molecule has 4 aliphatic carbocycles. The molecule has 0 atom stereocenters. The largest absolute Gasteiger partial charge is 0.481 e. The molecule has 1 amide bonds. The normalized spacial score (nSPS) is 25.0. The average Bonchev–Trinajstić information content (AvgIpc) is 3.48. The fourth-order valence-corrected chi connectivity index (χ4v) is 6.69. The van der Waals surface area contributed by atoms with Crippen molar-refractivity contribution in [2.24, 2.45) is 10.8 Å². The Labute approximate surface area is 208 Å². The Bertz CT molecular complexity index is 1500. The number of carbonyl (C=O) groups excluding carboxylic acids is 1. The zero-order valence-electron chi connectivity index (χ0n) is 19.8. The number of para-hydroxylation sites is 1. The second kappa shape index (κ2) is 7.26. The number of carboxylic acids is 1. The predicted octanol–water partition coefficient (Wildman–Crippen LogP) is 4.66. The third kappa shape index (κ3) is 2.98. The Balaban J connectivity index is 1.13. The first kappa shape index (κ1) is 21.3. The van der Waals surface area contributed by atoms with Crippen molar-refractivity contribution in [2.75, 3.05) is 0 Å². The summed E-state index contributed by atoms with van der Waals surface area (Å²) >= 11 is 0. The van der Waals surface area contributed by atoms with Crippen molar-refractivity contribution < 1.29 is 14.7 Å². The van der Waals surface area contributed by atoms with Crippen LogP contribution in [0.25, 0.3) is 22.0 Å². The van der Waals surface area contributed by atoms with E-state index in [1.165, 1.54) is 0 Å². The van der Waals surface area contributed by atoms with Gasteiger partial charge in [0, 0.05) is 46.8 Å². The molecule has 0 spiro atoms. The first-order valence-corrected chi connectivity index (χ1v) is 12.4. The van der Waals surface area contributed by atoms with E-state index in [1.54, 1.807) is 6.20 Å². The molecule has 3 aromatic heterocycles. The predicted molar refractivity (Wildman–Crippen MR) is 134 cm³/mol. The number of carbonyl (C=O) groups is 2. The highest BCUT2D eigenvalue weighted by atomic mass is 16.4. The van der Waals surface area contributed by atoms with Crippen LogP contribution in [0.5, 0.6) is 0 Å². The van der Waals surface area contributed by atoms with Crippen molar-refractivity contribution in [2.45, 2.75) is 44.2 Å². The van der Waals surface area contributed by atoms with Crippen LogP contribution in [0.15, 0.2) is 73.3 Å². The van der Waals surface area contributed by atoms with Crippen LogP contribution in [0.1, 0.15) is 48.2 Å². The van der Waals surface area contributed by atoms with Crippen LogP contribution in [-0.4, -0.2) is 37.1 Å². The lowest BCUT2D eigenvalue weighted by atomic mass is 9.32. The van der Waals surface area contributed by atoms with Crippen LogP contribution >= 0.6 is 0 Å². The second-order valence-corrected chi connectivity index (χ2v) is 10.9. The van der Waals surface area contributed by atoms with Crippen LogP contribution in [0.3, 0.4) is 0 Å². The van der Waals surface area contributed by atoms with E-state index in [0.29, 0.717) is 31.4 Å². The molecule has 0 radical (unpaired) electrons. The van der Waals surface area contributed by atoms with E-state index in [9.17, 15) is 14.7 Å². The molecule has 0 saturated heterocycles. The van der Waals surface area contributed by atoms with Crippen LogP contribution < -0.4 is 5.32 Å². The van der Waals surface area contributed by atoms with Gasteiger partial charge in [-0.1, -0.05) is 24.3 Å². The molecular weight excluding hydrogens is 452 g/mol. The van der Waals surface area contributed by atoms with Crippen molar-refractivity contribution in [3.8, 4) is 11.1 Å². The van der Waals surface area contributed by atoms with Crippen molar-refractivity contribution in [3.63, 3.8) is 0 Å². The zero-order chi connectivity index (χ0) is 24.5. The number of hydrogen-bond acceptors (Lipinski definition) is 4. The lowest BCUT2D eigenvalue weighted by Gasteiger charge is -2.71. The smallest absolute Gasteiger partial charge is 0.309 e. The maximum absolute atomic E-state index is 13.6. The maximum Gasteiger partial charge on any atom is 0.309 e. The molecule has 1 aromatic carbocycles. The number of hydrogen-bond donors (Lipinski definition) is 2. The van der Waals surface area contributed by atoms with Gasteiger partial charge in [0.15, 0.2) is 0 Å². The van der Waals surface area contributed by atoms with Gasteiger partial charge in [-0.3, -0.25) is 19.6 Å². The van der Waals surface area contributed by atoms with E-state index in [1.807, 2.05) is 67.1 Å². The van der Waals surface area contributed by atoms with Gasteiger partial charge in [0.25, 0.3) is 5.91 Å². The molecule has 4 aliphatic rings. The fraction of sp³-hybridized carbons (Fsp3) is 0.310. The van der Waals surface area contributed by atoms with Crippen LogP contribution in [0.2, 0.25) is 0 Å². The van der Waals surface area contributed by atoms with Gasteiger partial charge in [-0.25, -0.2) is 0 Å². The summed E-state index contributed by atoms with van der Waals surface area (Å²) in [5.41, 5.74) is 3.67. The molecule has 7 nitrogen and oxygen atoms in total. The molecule has 8 rings (SSSR count). The minimum absolute atomic E-state index is 0.0309. The number of benzene rings is 1. The summed E-state index contributed by atoms with van der Waals surface area (Å²) < 4.78 is 2.08. The monoisotopic (exact) mass is 478 g/mol. The van der Waals surface area contributed by atoms with Crippen molar-refractivity contribution in [1.29, 1.82) is 0 Å². The van der Waals surface area contributed by atoms with Crippen molar-refractivity contribution >= 4 is 22.8 Å². The molecule has 36 heavy (non-hydrogen) atoms. The molecule has 2 N–H and O–H groups in total. The molecule has 7 heteroatoms. The molecule has 3 heterocycles. The lowest BCUT2D eigenvalue weighted by Crippen LogP contribution is -2.73. The van der Waals surface area contributed by atoms with E-state index in [0.717, 1.165) is 40.6 Å². The number of rotatable bonds is 7. The number of nitrogens with one attached hydrogen (secondary N) is 1. The quantitative estimate of drug-likeness (QED) is 0.403. The molecule has 0 aliphatic heterocycles. The Hall–Kier alpha value is -4.00. The highest BCUT2D eigenvalue weighted by molar-refractivity contribution is 6.06. The number of aromatic nitrogens is 3. The molecule has 4 aromatic rings. The topological polar surface area (TPSA) is 97.1 Å². The summed E-state index contributed by atoms with van der Waals surface area (Å²) in [6.07, 6.45) is 11.4. The third-order valence-electron chi connectivity index (χ3n) is 8.79. The highest BCUT2D eigenvalue weighted by Gasteiger charge is 2.81. The van der Waals surface area contributed by atoms with Gasteiger partial charge in [0.05, 0.1) is 28.7 Å². The number of aliphatic carboxylic acids is 1. The van der Waals surface area contributed by atoms with Crippen LogP contribution in [0.4, 0.5) is 0 Å². The SMILES string of the molecule is O=C(NC1(C23CC(C(=O)O)(C2)C3)CC1)c1cccc2ccn(Cc3ccc(-c4cccnc4)cn3)c12. The fourth-order valence-electron chi connectivity index (χ4n) is 6.69. The van der Waals surface area contributed by atoms with Crippen LogP contribution in [-0.2, 0) is 11.3 Å². The summed E-state index contributed by atoms with van der Waals surface area (Å²) in [6, 6.07) is 15.8. The Kier molecular flexibility index (Phi) is 4.29. The minimum atomic E-state index is -0.684. The number of pyridine rings is 2. The van der Waals surface area contributed by atoms with E-state index in [2.05, 4.69) is 19.9 Å². The summed E-state index contributed by atoms with van der Waals surface area (Å²) in [5, 5.41) is 13.9. The zero-order valence-corrected chi connectivity index (χ0v) is 19.8. The van der Waals surface area contributed by atoms with Gasteiger partial charge in [-0.2, -0.15) is 0 Å². The first-order chi connectivity index (χ1) is 17.4. The molecule has 180 valence electrons. The summed E-state index contributed by atoms with van der Waals surface area (Å²) in [6.45, 7) is 0.553. The van der Waals surface area contributed by atoms with Gasteiger partial charge in [0.1, 0.15) is 0 Å². The molecule has 4 saturated carbocycles. The van der Waals surface area contributed by atoms with Crippen molar-refractivity contribution in [3.05, 3.63) is 84.6 Å². The summed E-state index contributed by atoms with van der Waals surface area (Å²) in [7, 11) is 0. The first-order valence-electron chi connectivity index (χ1n) is 12.4. The van der Waals surface area contributed by atoms with Gasteiger partial charge in [-0.05, 0) is 61.8 Å². The van der Waals surface area contributed by atoms with Crippen molar-refractivity contribution in [1.82, 2.24) is 19.9 Å². The third-order valence-corrected chi connectivity index (χ3v) is 8.79. The van der Waals surface area contributed by atoms with E-state index in [-0.39, 0.29) is 16.9 Å². The highest BCUT2D eigenvalue weighted by Crippen LogP contribution is 2.81. The number of amides is 1. The lowest BCUT2D eigenvalue weighted by molar-refractivity contribution is -0.236. The molecule has 2 bridgehead atoms. The number of fused-ring (bicyclic) bond motifs is 1. The Morgan fingerprint density at radius 2 is 1.78 bits per heavy atom. The molecular formula is C29H26N4O3. The Morgan fingerprint density at radius 3 is 2.44 bits per heavy atom. The molecule has 4 fully saturated rings. The van der Waals surface area contributed by atoms with Gasteiger partial charge in [-0.15, -0.1) is 0 Å². The van der Waals surface area contributed by atoms with Gasteiger partial charge in [0.2, 0.25) is 0 Å². The van der Waals surface area contributed by atoms with Crippen LogP contribution in [0, 0.1) is 10.8 Å². The Morgan fingerprint density at radius 1 is 0.972 bits per heavy atom. The van der Waals surface area contributed by atoms with E-state index < -0.39 is 11.4 Å². The molecule has 0 unspecified atom stereocenters. The second-order valence-electron chi connectivity index (χ2n) is 10.9. The number of nitrogens with zero attached hydrogens (tertiary/aromatic N) is 3. The number of carboxylic acid groups (broad SMARTS) is 1. The van der Waals surface area contributed by atoms with E-state index in [4.69, 9.17) is 0 Å².